The average molecular weight is 334 g/mol. The van der Waals surface area contributed by atoms with Gasteiger partial charge in [-0.1, -0.05) is 0 Å². The van der Waals surface area contributed by atoms with Crippen molar-refractivity contribution in [3.8, 4) is 10.8 Å². The van der Waals surface area contributed by atoms with Crippen LogP contribution in [0.5, 0.6) is 0 Å². The lowest BCUT2D eigenvalue weighted by Gasteiger charge is -2.20. The van der Waals surface area contributed by atoms with E-state index in [0.717, 1.165) is 13.0 Å². The second-order valence-corrected chi connectivity index (χ2v) is 6.26. The number of rotatable bonds is 4. The van der Waals surface area contributed by atoms with Crippen LogP contribution in [0.2, 0.25) is 0 Å². The second-order valence-electron chi connectivity index (χ2n) is 5.40. The van der Waals surface area contributed by atoms with Gasteiger partial charge >= 0.3 is 0 Å². The highest BCUT2D eigenvalue weighted by Gasteiger charge is 2.23. The minimum absolute atomic E-state index is 0.0834. The van der Waals surface area contributed by atoms with E-state index in [0.29, 0.717) is 36.1 Å². The molecular formula is C15H18N4O3S. The monoisotopic (exact) mass is 334 g/mol. The number of nitrogens with zero attached hydrogens (tertiary/aromatic N) is 3. The molecule has 0 atom stereocenters. The van der Waals surface area contributed by atoms with Crippen molar-refractivity contribution in [2.24, 2.45) is 5.73 Å². The zero-order valence-electron chi connectivity index (χ0n) is 12.6. The van der Waals surface area contributed by atoms with E-state index in [4.69, 9.17) is 10.2 Å². The van der Waals surface area contributed by atoms with E-state index in [1.165, 1.54) is 11.3 Å². The zero-order chi connectivity index (χ0) is 16.2. The molecule has 7 nitrogen and oxygen atoms in total. The number of nitrogens with two attached hydrogens (primary N) is 1. The van der Waals surface area contributed by atoms with Crippen LogP contribution in [0.1, 0.15) is 16.9 Å². The van der Waals surface area contributed by atoms with Crippen molar-refractivity contribution in [1.29, 1.82) is 0 Å². The summed E-state index contributed by atoms with van der Waals surface area (Å²) in [5.41, 5.74) is 5.67. The van der Waals surface area contributed by atoms with Gasteiger partial charge in [0.1, 0.15) is 5.69 Å². The lowest BCUT2D eigenvalue weighted by Crippen LogP contribution is -2.38. The molecule has 0 aliphatic carbocycles. The number of hydrogen-bond acceptors (Lipinski definition) is 6. The number of carbonyl (C=O) groups excluding carboxylic acids is 2. The second kappa shape index (κ2) is 6.93. The van der Waals surface area contributed by atoms with Crippen LogP contribution in [0.25, 0.3) is 10.8 Å². The van der Waals surface area contributed by atoms with Crippen molar-refractivity contribution >= 4 is 23.2 Å². The van der Waals surface area contributed by atoms with Gasteiger partial charge < -0.3 is 15.1 Å². The molecule has 0 aromatic carbocycles. The van der Waals surface area contributed by atoms with E-state index < -0.39 is 0 Å². The molecule has 1 fully saturated rings. The molecule has 0 unspecified atom stereocenters. The van der Waals surface area contributed by atoms with Crippen LogP contribution in [0.4, 0.5) is 0 Å². The van der Waals surface area contributed by atoms with Crippen LogP contribution in [-0.4, -0.2) is 59.3 Å². The Hall–Kier alpha value is -2.19. The molecule has 0 saturated carbocycles. The van der Waals surface area contributed by atoms with E-state index in [9.17, 15) is 9.59 Å². The molecule has 2 aromatic rings. The maximum absolute atomic E-state index is 12.6. The van der Waals surface area contributed by atoms with E-state index >= 15 is 0 Å². The molecule has 122 valence electrons. The summed E-state index contributed by atoms with van der Waals surface area (Å²) in [5.74, 6) is 0.241. The average Bonchev–Trinajstić information content (AvgIpc) is 3.15. The van der Waals surface area contributed by atoms with Gasteiger partial charge in [0.2, 0.25) is 5.91 Å². The van der Waals surface area contributed by atoms with Crippen LogP contribution in [0, 0.1) is 0 Å². The Kier molecular flexibility index (Phi) is 4.73. The summed E-state index contributed by atoms with van der Waals surface area (Å²) in [6.45, 7) is 2.87. The quantitative estimate of drug-likeness (QED) is 0.902. The van der Waals surface area contributed by atoms with Crippen molar-refractivity contribution in [2.75, 3.05) is 32.7 Å². The minimum Gasteiger partial charge on any atom is -0.462 e. The van der Waals surface area contributed by atoms with Crippen LogP contribution in [0.15, 0.2) is 28.2 Å². The normalized spacial score (nSPS) is 16.3. The maximum atomic E-state index is 12.6. The summed E-state index contributed by atoms with van der Waals surface area (Å²) in [6.07, 6.45) is 2.40. The summed E-state index contributed by atoms with van der Waals surface area (Å²) >= 11 is 1.39. The van der Waals surface area contributed by atoms with Crippen molar-refractivity contribution in [3.63, 3.8) is 0 Å². The molecule has 23 heavy (non-hydrogen) atoms. The summed E-state index contributed by atoms with van der Waals surface area (Å²) < 4.78 is 5.30. The molecule has 0 bridgehead atoms. The third-order valence-electron chi connectivity index (χ3n) is 3.71. The van der Waals surface area contributed by atoms with Crippen LogP contribution in [-0.2, 0) is 4.79 Å². The van der Waals surface area contributed by atoms with Gasteiger partial charge in [-0.05, 0) is 18.6 Å². The topological polar surface area (TPSA) is 92.7 Å². The highest BCUT2D eigenvalue weighted by atomic mass is 32.1. The fraction of sp³-hybridized carbons (Fsp3) is 0.400. The summed E-state index contributed by atoms with van der Waals surface area (Å²) in [4.78, 5) is 31.7. The van der Waals surface area contributed by atoms with E-state index in [1.54, 1.807) is 22.6 Å². The van der Waals surface area contributed by atoms with E-state index in [2.05, 4.69) is 4.98 Å². The van der Waals surface area contributed by atoms with Crippen molar-refractivity contribution in [2.45, 2.75) is 6.42 Å². The first kappa shape index (κ1) is 15.7. The fourth-order valence-electron chi connectivity index (χ4n) is 2.60. The Balaban J connectivity index is 1.65. The number of amides is 2. The predicted molar refractivity (Wildman–Crippen MR) is 86.0 cm³/mol. The Bertz CT molecular complexity index is 683. The summed E-state index contributed by atoms with van der Waals surface area (Å²) in [5, 5.41) is 2.45. The van der Waals surface area contributed by atoms with Crippen molar-refractivity contribution in [3.05, 3.63) is 29.5 Å². The summed E-state index contributed by atoms with van der Waals surface area (Å²) in [7, 11) is 0. The molecule has 1 aliphatic heterocycles. The third-order valence-corrected chi connectivity index (χ3v) is 4.57. The smallest absolute Gasteiger partial charge is 0.273 e. The highest BCUT2D eigenvalue weighted by Crippen LogP contribution is 2.24. The molecule has 2 N–H and O–H groups in total. The molecule has 3 rings (SSSR count). The standard InChI is InChI=1S/C15H18N4O3S/c16-13(20)9-18-4-2-5-19(7-6-18)15(21)11-10-23-14(17-11)12-3-1-8-22-12/h1,3,8,10H,2,4-7,9H2,(H2,16,20). The Labute approximate surface area is 137 Å². The largest absolute Gasteiger partial charge is 0.462 e. The molecule has 0 spiro atoms. The number of thiazole rings is 1. The van der Waals surface area contributed by atoms with Gasteiger partial charge in [-0.15, -0.1) is 11.3 Å². The number of primary amides is 1. The van der Waals surface area contributed by atoms with Gasteiger partial charge in [0.05, 0.1) is 12.8 Å². The molecule has 1 aliphatic rings. The van der Waals surface area contributed by atoms with Gasteiger partial charge in [0, 0.05) is 31.6 Å². The van der Waals surface area contributed by atoms with E-state index in [1.807, 2.05) is 11.0 Å². The first-order valence-electron chi connectivity index (χ1n) is 7.43. The van der Waals surface area contributed by atoms with Crippen molar-refractivity contribution in [1.82, 2.24) is 14.8 Å². The molecule has 2 amide bonds. The first-order valence-corrected chi connectivity index (χ1v) is 8.31. The fourth-order valence-corrected chi connectivity index (χ4v) is 3.36. The minimum atomic E-state index is -0.340. The zero-order valence-corrected chi connectivity index (χ0v) is 13.4. The molecule has 2 aromatic heterocycles. The predicted octanol–water partition coefficient (Wildman–Crippen LogP) is 1.04. The Morgan fingerprint density at radius 1 is 1.30 bits per heavy atom. The first-order chi connectivity index (χ1) is 11.1. The number of hydrogen-bond donors (Lipinski definition) is 1. The lowest BCUT2D eigenvalue weighted by atomic mass is 10.3. The van der Waals surface area contributed by atoms with Crippen LogP contribution < -0.4 is 5.73 Å². The Morgan fingerprint density at radius 2 is 2.17 bits per heavy atom. The summed E-state index contributed by atoms with van der Waals surface area (Å²) in [6, 6.07) is 3.61. The molecular weight excluding hydrogens is 316 g/mol. The van der Waals surface area contributed by atoms with Gasteiger partial charge in [-0.3, -0.25) is 14.5 Å². The number of aromatic nitrogens is 1. The number of furan rings is 1. The lowest BCUT2D eigenvalue weighted by molar-refractivity contribution is -0.119. The molecule has 1 saturated heterocycles. The SMILES string of the molecule is NC(=O)CN1CCCN(C(=O)c2csc(-c3ccco3)n2)CC1. The molecule has 0 radical (unpaired) electrons. The van der Waals surface area contributed by atoms with Crippen LogP contribution >= 0.6 is 11.3 Å². The highest BCUT2D eigenvalue weighted by molar-refractivity contribution is 7.13. The van der Waals surface area contributed by atoms with Gasteiger partial charge in [-0.25, -0.2) is 4.98 Å². The Morgan fingerprint density at radius 3 is 2.91 bits per heavy atom. The van der Waals surface area contributed by atoms with Gasteiger partial charge in [0.25, 0.3) is 5.91 Å². The van der Waals surface area contributed by atoms with Crippen LogP contribution in [0.3, 0.4) is 0 Å². The van der Waals surface area contributed by atoms with Gasteiger partial charge in [-0.2, -0.15) is 0 Å². The number of carbonyl (C=O) groups is 2. The molecule has 8 heteroatoms. The van der Waals surface area contributed by atoms with E-state index in [-0.39, 0.29) is 18.4 Å². The van der Waals surface area contributed by atoms with Crippen molar-refractivity contribution < 1.29 is 14.0 Å². The molecule has 3 heterocycles. The third kappa shape index (κ3) is 3.77. The maximum Gasteiger partial charge on any atom is 0.273 e. The van der Waals surface area contributed by atoms with Gasteiger partial charge in [0.15, 0.2) is 10.8 Å².